The normalized spacial score (nSPS) is 19.8. The number of piperidine rings is 1. The molecule has 56 heavy (non-hydrogen) atoms. The summed E-state index contributed by atoms with van der Waals surface area (Å²) in [5.41, 5.74) is 0.991. The number of nitrogens with one attached hydrogen (secondary N) is 1. The van der Waals surface area contributed by atoms with Gasteiger partial charge >= 0.3 is 12.3 Å². The van der Waals surface area contributed by atoms with Crippen LogP contribution in [-0.2, 0) is 32.3 Å². The van der Waals surface area contributed by atoms with Gasteiger partial charge in [-0.25, -0.2) is 13.2 Å². The van der Waals surface area contributed by atoms with Crippen molar-refractivity contribution in [2.45, 2.75) is 101 Å². The summed E-state index contributed by atoms with van der Waals surface area (Å²) in [6, 6.07) is 17.8. The van der Waals surface area contributed by atoms with Crippen LogP contribution in [0.15, 0.2) is 77.7 Å². The summed E-state index contributed by atoms with van der Waals surface area (Å²) in [6.07, 6.45) is 2.03. The van der Waals surface area contributed by atoms with Crippen molar-refractivity contribution in [3.05, 3.63) is 83.9 Å². The van der Waals surface area contributed by atoms with Crippen molar-refractivity contribution in [1.29, 1.82) is 0 Å². The van der Waals surface area contributed by atoms with Gasteiger partial charge in [0.1, 0.15) is 17.4 Å². The molecule has 3 fully saturated rings. The Balaban J connectivity index is 1.15. The molecule has 2 amide bonds. The van der Waals surface area contributed by atoms with E-state index in [0.29, 0.717) is 62.9 Å². The number of hydrogen-bond acceptors (Lipinski definition) is 7. The van der Waals surface area contributed by atoms with E-state index in [0.717, 1.165) is 36.1 Å². The van der Waals surface area contributed by atoms with Crippen LogP contribution in [0.2, 0.25) is 0 Å². The van der Waals surface area contributed by atoms with E-state index in [1.165, 1.54) is 35.7 Å². The van der Waals surface area contributed by atoms with E-state index in [4.69, 9.17) is 9.47 Å². The van der Waals surface area contributed by atoms with Gasteiger partial charge in [-0.2, -0.15) is 17.5 Å². The Kier molecular flexibility index (Phi) is 13.0. The van der Waals surface area contributed by atoms with Gasteiger partial charge in [0.2, 0.25) is 15.9 Å². The zero-order chi connectivity index (χ0) is 40.1. The lowest BCUT2D eigenvalue weighted by Gasteiger charge is -2.42. The smallest absolute Gasteiger partial charge is 0.416 e. The van der Waals surface area contributed by atoms with Crippen LogP contribution in [-0.4, -0.2) is 91.5 Å². The minimum atomic E-state index is -4.41. The fourth-order valence-corrected chi connectivity index (χ4v) is 9.27. The predicted octanol–water partition coefficient (Wildman–Crippen LogP) is 7.72. The molecule has 3 aliphatic rings. The quantitative estimate of drug-likeness (QED) is 0.224. The molecule has 2 saturated heterocycles. The number of rotatable bonds is 10. The summed E-state index contributed by atoms with van der Waals surface area (Å²) in [6.45, 7) is 7.76. The van der Waals surface area contributed by atoms with Crippen LogP contribution in [0.5, 0.6) is 5.75 Å². The summed E-state index contributed by atoms with van der Waals surface area (Å²) in [5, 5.41) is 2.89. The first kappa shape index (κ1) is 41.5. The van der Waals surface area contributed by atoms with Gasteiger partial charge in [0.05, 0.1) is 17.1 Å². The Morgan fingerprint density at radius 3 is 1.98 bits per heavy atom. The highest BCUT2D eigenvalue weighted by Crippen LogP contribution is 2.32. The maximum atomic E-state index is 14.3. The maximum absolute atomic E-state index is 14.3. The molecule has 3 aromatic rings. The number of likely N-dealkylation sites (tertiary alicyclic amines) is 1. The molecule has 10 nitrogen and oxygen atoms in total. The van der Waals surface area contributed by atoms with Crippen LogP contribution in [0, 0.1) is 5.92 Å². The molecule has 0 aromatic heterocycles. The predicted molar refractivity (Wildman–Crippen MR) is 207 cm³/mol. The third-order valence-corrected chi connectivity index (χ3v) is 12.7. The lowest BCUT2D eigenvalue weighted by molar-refractivity contribution is -0.138. The lowest BCUT2D eigenvalue weighted by Crippen LogP contribution is -2.61. The van der Waals surface area contributed by atoms with Gasteiger partial charge in [-0.1, -0.05) is 55.7 Å². The van der Waals surface area contributed by atoms with Crippen molar-refractivity contribution >= 4 is 22.0 Å². The highest BCUT2D eigenvalue weighted by Gasteiger charge is 2.42. The molecule has 0 unspecified atom stereocenters. The van der Waals surface area contributed by atoms with E-state index in [2.05, 4.69) is 10.2 Å². The van der Waals surface area contributed by atoms with Crippen LogP contribution in [0.3, 0.4) is 0 Å². The highest BCUT2D eigenvalue weighted by molar-refractivity contribution is 7.89. The number of sulfonamides is 1. The van der Waals surface area contributed by atoms with E-state index >= 15 is 0 Å². The molecular formula is C42H53F3N4O6S. The van der Waals surface area contributed by atoms with Crippen LogP contribution in [0.25, 0.3) is 11.1 Å². The van der Waals surface area contributed by atoms with Crippen molar-refractivity contribution in [2.75, 3.05) is 39.3 Å². The average molecular weight is 799 g/mol. The van der Waals surface area contributed by atoms with E-state index in [9.17, 15) is 31.2 Å². The first-order chi connectivity index (χ1) is 26.5. The van der Waals surface area contributed by atoms with Crippen molar-refractivity contribution in [3.63, 3.8) is 0 Å². The van der Waals surface area contributed by atoms with Gasteiger partial charge in [0.25, 0.3) is 0 Å². The van der Waals surface area contributed by atoms with E-state index in [1.807, 2.05) is 24.3 Å². The molecule has 2 heterocycles. The van der Waals surface area contributed by atoms with Crippen LogP contribution < -0.4 is 10.1 Å². The molecule has 1 saturated carbocycles. The topological polar surface area (TPSA) is 108 Å². The zero-order valence-corrected chi connectivity index (χ0v) is 33.2. The summed E-state index contributed by atoms with van der Waals surface area (Å²) in [5.74, 6) is 0.823. The van der Waals surface area contributed by atoms with Crippen molar-refractivity contribution in [1.82, 2.24) is 19.4 Å². The van der Waals surface area contributed by atoms with Crippen LogP contribution in [0.4, 0.5) is 18.0 Å². The molecule has 0 spiro atoms. The van der Waals surface area contributed by atoms with Crippen LogP contribution >= 0.6 is 0 Å². The average Bonchev–Trinajstić information content (AvgIpc) is 3.17. The molecular weight excluding hydrogens is 746 g/mol. The second-order valence-corrected chi connectivity index (χ2v) is 18.1. The summed E-state index contributed by atoms with van der Waals surface area (Å²) in [4.78, 5) is 30.5. The SMILES string of the molecule is CC(C)(C)OC(=O)NC1CCN(C(=O)[C@@H]2CN(Cc3ccc(-c4ccc(C(F)(F)F)cc4)cc3)CCN2S(=O)(=O)c2ccc(OCC3CCCCC3)cc2)CC1. The van der Waals surface area contributed by atoms with Gasteiger partial charge in [-0.3, -0.25) is 9.69 Å². The summed E-state index contributed by atoms with van der Waals surface area (Å²) in [7, 11) is -4.08. The molecule has 1 atom stereocenters. The molecule has 1 aliphatic carbocycles. The summed E-state index contributed by atoms with van der Waals surface area (Å²) >= 11 is 0. The number of carbonyl (C=O) groups is 2. The van der Waals surface area contributed by atoms with Crippen LogP contribution in [0.1, 0.15) is 76.8 Å². The lowest BCUT2D eigenvalue weighted by atomic mass is 9.90. The fraction of sp³-hybridized carbons (Fsp3) is 0.524. The van der Waals surface area contributed by atoms with Crippen molar-refractivity contribution in [2.24, 2.45) is 5.92 Å². The number of alkyl carbamates (subject to hydrolysis) is 1. The molecule has 1 N–H and O–H groups in total. The molecule has 0 bridgehead atoms. The molecule has 6 rings (SSSR count). The van der Waals surface area contributed by atoms with E-state index in [1.54, 1.807) is 49.9 Å². The van der Waals surface area contributed by atoms with E-state index in [-0.39, 0.29) is 29.9 Å². The minimum absolute atomic E-state index is 0.0906. The van der Waals surface area contributed by atoms with Gasteiger partial charge < -0.3 is 19.7 Å². The standard InChI is InChI=1S/C42H53F3N4O6S/c1-41(2,3)55-40(51)46-35-21-23-48(24-22-35)39(50)38-28-47(27-30-9-11-32(12-10-30)33-13-15-34(16-14-33)42(43,44)45)25-26-49(38)56(52,53)37-19-17-36(18-20-37)54-29-31-7-5-4-6-8-31/h9-20,31,35,38H,4-8,21-29H2,1-3H3,(H,46,51)/t38-/m0/s1. The Bertz CT molecular complexity index is 1890. The Hall–Kier alpha value is -4.14. The largest absolute Gasteiger partial charge is 0.493 e. The van der Waals surface area contributed by atoms with Gasteiger partial charge in [0.15, 0.2) is 0 Å². The Morgan fingerprint density at radius 1 is 0.786 bits per heavy atom. The molecule has 14 heteroatoms. The number of ether oxygens (including phenoxy) is 2. The van der Waals surface area contributed by atoms with E-state index < -0.39 is 39.5 Å². The number of piperazine rings is 1. The minimum Gasteiger partial charge on any atom is -0.493 e. The maximum Gasteiger partial charge on any atom is 0.416 e. The van der Waals surface area contributed by atoms with Crippen molar-refractivity contribution in [3.8, 4) is 16.9 Å². The molecule has 304 valence electrons. The number of carbonyl (C=O) groups excluding carboxylic acids is 2. The van der Waals surface area contributed by atoms with Gasteiger partial charge in [-0.05, 0) is 105 Å². The number of nitrogens with zero attached hydrogens (tertiary/aromatic N) is 3. The third-order valence-electron chi connectivity index (χ3n) is 10.8. The second-order valence-electron chi connectivity index (χ2n) is 16.2. The number of alkyl halides is 3. The second kappa shape index (κ2) is 17.6. The number of benzene rings is 3. The zero-order valence-electron chi connectivity index (χ0n) is 32.4. The number of halogens is 3. The first-order valence-electron chi connectivity index (χ1n) is 19.6. The first-order valence-corrected chi connectivity index (χ1v) is 21.0. The molecule has 3 aromatic carbocycles. The third kappa shape index (κ3) is 10.8. The Morgan fingerprint density at radius 2 is 1.39 bits per heavy atom. The monoisotopic (exact) mass is 798 g/mol. The fourth-order valence-electron chi connectivity index (χ4n) is 7.71. The Labute approximate surface area is 328 Å². The van der Waals surface area contributed by atoms with Crippen molar-refractivity contribution < 1.29 is 40.7 Å². The number of amides is 2. The van der Waals surface area contributed by atoms with Gasteiger partial charge in [0, 0.05) is 45.3 Å². The molecule has 0 radical (unpaired) electrons. The highest BCUT2D eigenvalue weighted by atomic mass is 32.2. The summed E-state index contributed by atoms with van der Waals surface area (Å²) < 4.78 is 80.5. The van der Waals surface area contributed by atoms with Gasteiger partial charge in [-0.15, -0.1) is 0 Å². The molecule has 2 aliphatic heterocycles. The number of hydrogen-bond donors (Lipinski definition) is 1.